The Labute approximate surface area is 121 Å². The molecule has 0 amide bonds. The van der Waals surface area contributed by atoms with Crippen molar-refractivity contribution in [3.05, 3.63) is 46.9 Å². The molecule has 2 N–H and O–H groups in total. The zero-order chi connectivity index (χ0) is 15.4. The molecule has 1 aliphatic rings. The van der Waals surface area contributed by atoms with Crippen molar-refractivity contribution in [2.45, 2.75) is 5.92 Å². The van der Waals surface area contributed by atoms with Crippen LogP contribution in [-0.4, -0.2) is 26.8 Å². The van der Waals surface area contributed by atoms with Crippen LogP contribution in [0, 0.1) is 11.3 Å². The van der Waals surface area contributed by atoms with E-state index in [0.717, 1.165) is 0 Å². The number of nitrogens with two attached hydrogens (primary N) is 1. The summed E-state index contributed by atoms with van der Waals surface area (Å²) in [5.74, 6) is -0.910. The number of furan rings is 1. The van der Waals surface area contributed by atoms with Gasteiger partial charge in [-0.05, 0) is 12.1 Å². The lowest BCUT2D eigenvalue weighted by molar-refractivity contribution is -0.136. The van der Waals surface area contributed by atoms with E-state index in [9.17, 15) is 10.1 Å². The first-order chi connectivity index (χ1) is 10.1. The van der Waals surface area contributed by atoms with E-state index in [1.54, 1.807) is 12.1 Å². The van der Waals surface area contributed by atoms with Gasteiger partial charge in [0.05, 0.1) is 24.9 Å². The maximum atomic E-state index is 12.1. The average Bonchev–Trinajstić information content (AvgIpc) is 3.00. The van der Waals surface area contributed by atoms with Crippen LogP contribution < -0.4 is 5.73 Å². The molecule has 21 heavy (non-hydrogen) atoms. The topological polar surface area (TPSA) is 108 Å². The van der Waals surface area contributed by atoms with Gasteiger partial charge in [0.2, 0.25) is 5.88 Å². The summed E-state index contributed by atoms with van der Waals surface area (Å²) >= 11 is 0. The Hall–Kier alpha value is -2.72. The molecule has 1 aromatic heterocycles. The van der Waals surface area contributed by atoms with Crippen molar-refractivity contribution in [3.8, 4) is 6.07 Å². The molecule has 0 aromatic carbocycles. The second kappa shape index (κ2) is 6.15. The number of nitrogens with zero attached hydrogens (tertiary/aromatic N) is 1. The van der Waals surface area contributed by atoms with Crippen LogP contribution in [0.25, 0.3) is 0 Å². The predicted octanol–water partition coefficient (Wildman–Crippen LogP) is 1.16. The Balaban J connectivity index is 2.62. The van der Waals surface area contributed by atoms with E-state index in [0.29, 0.717) is 5.76 Å². The summed E-state index contributed by atoms with van der Waals surface area (Å²) in [6.07, 6.45) is 1.45. The first-order valence-electron chi connectivity index (χ1n) is 6.05. The van der Waals surface area contributed by atoms with Crippen molar-refractivity contribution in [1.82, 2.24) is 0 Å². The fourth-order valence-electron chi connectivity index (χ4n) is 2.13. The molecule has 0 aliphatic carbocycles. The molecule has 1 unspecified atom stereocenters. The van der Waals surface area contributed by atoms with Crippen LogP contribution in [0.4, 0.5) is 0 Å². The van der Waals surface area contributed by atoms with Crippen LogP contribution in [0.1, 0.15) is 11.7 Å². The first kappa shape index (κ1) is 14.7. The molecule has 1 aliphatic heterocycles. The van der Waals surface area contributed by atoms with E-state index in [1.165, 1.54) is 20.5 Å². The van der Waals surface area contributed by atoms with E-state index < -0.39 is 11.9 Å². The standard InChI is InChI=1S/C14H14N2O5/c1-18-7-10-12(14(17)19-2)11(9-4-3-5-20-9)8(6-15)13(16)21-10/h3-5,11H,7,16H2,1-2H3. The van der Waals surface area contributed by atoms with Gasteiger partial charge in [-0.15, -0.1) is 0 Å². The summed E-state index contributed by atoms with van der Waals surface area (Å²) in [5.41, 5.74) is 5.99. The minimum Gasteiger partial charge on any atom is -0.468 e. The fraction of sp³-hybridized carbons (Fsp3) is 0.286. The smallest absolute Gasteiger partial charge is 0.338 e. The lowest BCUT2D eigenvalue weighted by atomic mass is 9.87. The van der Waals surface area contributed by atoms with Gasteiger partial charge < -0.3 is 24.4 Å². The Morgan fingerprint density at radius 1 is 1.52 bits per heavy atom. The van der Waals surface area contributed by atoms with E-state index in [2.05, 4.69) is 0 Å². The Morgan fingerprint density at radius 3 is 2.81 bits per heavy atom. The highest BCUT2D eigenvalue weighted by atomic mass is 16.5. The normalized spacial score (nSPS) is 18.2. The number of hydrogen-bond acceptors (Lipinski definition) is 7. The van der Waals surface area contributed by atoms with Gasteiger partial charge in [-0.2, -0.15) is 5.26 Å². The van der Waals surface area contributed by atoms with Crippen LogP contribution in [0.15, 0.2) is 45.6 Å². The van der Waals surface area contributed by atoms with Gasteiger partial charge in [0.25, 0.3) is 0 Å². The van der Waals surface area contributed by atoms with Gasteiger partial charge in [-0.25, -0.2) is 4.79 Å². The van der Waals surface area contributed by atoms with Crippen LogP contribution in [0.3, 0.4) is 0 Å². The Morgan fingerprint density at radius 2 is 2.29 bits per heavy atom. The maximum absolute atomic E-state index is 12.1. The van der Waals surface area contributed by atoms with Crippen molar-refractivity contribution in [2.24, 2.45) is 5.73 Å². The highest BCUT2D eigenvalue weighted by Crippen LogP contribution is 2.39. The van der Waals surface area contributed by atoms with Crippen LogP contribution in [0.5, 0.6) is 0 Å². The van der Waals surface area contributed by atoms with E-state index in [4.69, 9.17) is 24.4 Å². The monoisotopic (exact) mass is 290 g/mol. The molecule has 0 saturated heterocycles. The molecule has 0 radical (unpaired) electrons. The third-order valence-electron chi connectivity index (χ3n) is 3.01. The zero-order valence-corrected chi connectivity index (χ0v) is 11.6. The maximum Gasteiger partial charge on any atom is 0.338 e. The fourth-order valence-corrected chi connectivity index (χ4v) is 2.13. The van der Waals surface area contributed by atoms with Gasteiger partial charge in [0.15, 0.2) is 0 Å². The third kappa shape index (κ3) is 2.61. The van der Waals surface area contributed by atoms with Gasteiger partial charge >= 0.3 is 5.97 Å². The number of carbonyl (C=O) groups is 1. The van der Waals surface area contributed by atoms with E-state index >= 15 is 0 Å². The predicted molar refractivity (Wildman–Crippen MR) is 70.3 cm³/mol. The number of carbonyl (C=O) groups excluding carboxylic acids is 1. The minimum atomic E-state index is -0.781. The summed E-state index contributed by atoms with van der Waals surface area (Å²) in [6, 6.07) is 5.25. The van der Waals surface area contributed by atoms with Gasteiger partial charge in [-0.3, -0.25) is 0 Å². The molecular weight excluding hydrogens is 276 g/mol. The molecule has 1 aromatic rings. The Kier molecular flexibility index (Phi) is 4.30. The zero-order valence-electron chi connectivity index (χ0n) is 11.6. The van der Waals surface area contributed by atoms with Gasteiger partial charge in [-0.1, -0.05) is 0 Å². The highest BCUT2D eigenvalue weighted by molar-refractivity contribution is 5.92. The second-order valence-corrected chi connectivity index (χ2v) is 4.20. The quantitative estimate of drug-likeness (QED) is 0.829. The molecule has 0 bridgehead atoms. The first-order valence-corrected chi connectivity index (χ1v) is 6.05. The molecule has 1 atom stereocenters. The molecule has 2 rings (SSSR count). The molecule has 7 heteroatoms. The molecule has 110 valence electrons. The van der Waals surface area contributed by atoms with Gasteiger partial charge in [0, 0.05) is 7.11 Å². The second-order valence-electron chi connectivity index (χ2n) is 4.20. The summed E-state index contributed by atoms with van der Waals surface area (Å²) in [5, 5.41) is 9.30. The van der Waals surface area contributed by atoms with Crippen LogP contribution in [-0.2, 0) is 19.0 Å². The highest BCUT2D eigenvalue weighted by Gasteiger charge is 2.38. The van der Waals surface area contributed by atoms with Crippen molar-refractivity contribution in [3.63, 3.8) is 0 Å². The Bertz CT molecular complexity index is 637. The number of nitriles is 1. The SMILES string of the molecule is COCC1=C(C(=O)OC)C(c2ccco2)C(C#N)=C(N)O1. The van der Waals surface area contributed by atoms with Crippen molar-refractivity contribution < 1.29 is 23.4 Å². The van der Waals surface area contributed by atoms with Crippen LogP contribution in [0.2, 0.25) is 0 Å². The lowest BCUT2D eigenvalue weighted by Crippen LogP contribution is -2.27. The minimum absolute atomic E-state index is 0.0149. The van der Waals surface area contributed by atoms with E-state index in [1.807, 2.05) is 6.07 Å². The number of esters is 1. The summed E-state index contributed by atoms with van der Waals surface area (Å²) in [7, 11) is 2.69. The van der Waals surface area contributed by atoms with Crippen molar-refractivity contribution >= 4 is 5.97 Å². The number of rotatable bonds is 4. The van der Waals surface area contributed by atoms with Crippen molar-refractivity contribution in [2.75, 3.05) is 20.8 Å². The summed E-state index contributed by atoms with van der Waals surface area (Å²) in [4.78, 5) is 12.1. The largest absolute Gasteiger partial charge is 0.468 e. The van der Waals surface area contributed by atoms with Crippen molar-refractivity contribution in [1.29, 1.82) is 5.26 Å². The summed E-state index contributed by atoms with van der Waals surface area (Å²) < 4.78 is 20.4. The summed E-state index contributed by atoms with van der Waals surface area (Å²) in [6.45, 7) is 0.0149. The van der Waals surface area contributed by atoms with E-state index in [-0.39, 0.29) is 29.4 Å². The average molecular weight is 290 g/mol. The molecule has 0 fully saturated rings. The molecule has 7 nitrogen and oxygen atoms in total. The molecule has 0 spiro atoms. The van der Waals surface area contributed by atoms with Gasteiger partial charge in [0.1, 0.15) is 29.8 Å². The number of allylic oxidation sites excluding steroid dienone is 1. The van der Waals surface area contributed by atoms with Crippen LogP contribution >= 0.6 is 0 Å². The number of methoxy groups -OCH3 is 2. The molecular formula is C14H14N2O5. The molecule has 0 saturated carbocycles. The molecule has 2 heterocycles. The third-order valence-corrected chi connectivity index (χ3v) is 3.01. The lowest BCUT2D eigenvalue weighted by Gasteiger charge is -2.26. The number of ether oxygens (including phenoxy) is 3. The number of hydrogen-bond donors (Lipinski definition) is 1.